The maximum absolute atomic E-state index is 13.1. The zero-order valence-electron chi connectivity index (χ0n) is 11.0. The first-order chi connectivity index (χ1) is 9.13. The number of hydrogen-bond acceptors (Lipinski definition) is 3. The van der Waals surface area contributed by atoms with Crippen LogP contribution in [0.2, 0.25) is 0 Å². The van der Waals surface area contributed by atoms with Crippen LogP contribution in [0.3, 0.4) is 0 Å². The molecule has 0 aliphatic heterocycles. The number of likely N-dealkylation sites (N-methyl/N-ethyl adjacent to an activating group) is 1. The van der Waals surface area contributed by atoms with Gasteiger partial charge in [-0.1, -0.05) is 13.0 Å². The van der Waals surface area contributed by atoms with Crippen LogP contribution < -0.4 is 5.32 Å². The van der Waals surface area contributed by atoms with Crippen LogP contribution in [0.4, 0.5) is 17.6 Å². The summed E-state index contributed by atoms with van der Waals surface area (Å²) in [6.07, 6.45) is 0.664. The fourth-order valence-corrected chi connectivity index (χ4v) is 2.80. The van der Waals surface area contributed by atoms with Gasteiger partial charge in [0.2, 0.25) is 0 Å². The van der Waals surface area contributed by atoms with Crippen LogP contribution in [0.5, 0.6) is 0 Å². The van der Waals surface area contributed by atoms with Gasteiger partial charge in [-0.25, -0.2) is 12.8 Å². The quantitative estimate of drug-likeness (QED) is 0.850. The number of benzene rings is 1. The van der Waals surface area contributed by atoms with Crippen LogP contribution >= 0.6 is 0 Å². The third-order valence-corrected chi connectivity index (χ3v) is 4.56. The molecular formula is C12H15F4NO2S. The van der Waals surface area contributed by atoms with Crippen LogP contribution in [0.25, 0.3) is 0 Å². The summed E-state index contributed by atoms with van der Waals surface area (Å²) < 4.78 is 73.9. The lowest BCUT2D eigenvalue weighted by atomic mass is 10.0. The second kappa shape index (κ2) is 6.09. The molecule has 8 heteroatoms. The first-order valence-corrected chi connectivity index (χ1v) is 7.38. The van der Waals surface area contributed by atoms with Crippen molar-refractivity contribution in [2.24, 2.45) is 0 Å². The molecule has 1 aromatic carbocycles. The van der Waals surface area contributed by atoms with Crippen molar-refractivity contribution >= 4 is 9.84 Å². The highest BCUT2D eigenvalue weighted by atomic mass is 32.2. The molecule has 1 rings (SSSR count). The highest BCUT2D eigenvalue weighted by molar-refractivity contribution is 7.92. The molecule has 0 amide bonds. The van der Waals surface area contributed by atoms with E-state index in [-0.39, 0.29) is 18.0 Å². The van der Waals surface area contributed by atoms with Gasteiger partial charge in [0.1, 0.15) is 5.82 Å². The third-order valence-electron chi connectivity index (χ3n) is 2.99. The maximum Gasteiger partial charge on any atom is 0.501 e. The molecule has 0 aliphatic rings. The molecule has 20 heavy (non-hydrogen) atoms. The van der Waals surface area contributed by atoms with E-state index in [1.807, 2.05) is 6.92 Å². The first kappa shape index (κ1) is 16.9. The lowest BCUT2D eigenvalue weighted by molar-refractivity contribution is -0.0436. The Hall–Kier alpha value is -1.15. The van der Waals surface area contributed by atoms with Crippen molar-refractivity contribution in [3.63, 3.8) is 0 Å². The van der Waals surface area contributed by atoms with Gasteiger partial charge in [-0.15, -0.1) is 0 Å². The summed E-state index contributed by atoms with van der Waals surface area (Å²) in [5.74, 6) is -1.02. The molecule has 0 radical (unpaired) electrons. The van der Waals surface area contributed by atoms with E-state index in [1.165, 1.54) is 0 Å². The molecular weight excluding hydrogens is 298 g/mol. The van der Waals surface area contributed by atoms with Crippen molar-refractivity contribution in [2.75, 3.05) is 7.05 Å². The smallest absolute Gasteiger partial charge is 0.317 e. The van der Waals surface area contributed by atoms with Crippen LogP contribution in [0.15, 0.2) is 23.1 Å². The number of rotatable bonds is 5. The highest BCUT2D eigenvalue weighted by Gasteiger charge is 2.48. The Kier molecular flexibility index (Phi) is 5.15. The number of hydrogen-bond donors (Lipinski definition) is 1. The van der Waals surface area contributed by atoms with Crippen LogP contribution in [-0.2, 0) is 16.3 Å². The molecule has 1 atom stereocenters. The number of alkyl halides is 3. The Morgan fingerprint density at radius 1 is 1.30 bits per heavy atom. The molecule has 0 bridgehead atoms. The Bertz CT molecular complexity index is 565. The van der Waals surface area contributed by atoms with Crippen molar-refractivity contribution in [1.29, 1.82) is 0 Å². The average molecular weight is 313 g/mol. The van der Waals surface area contributed by atoms with E-state index >= 15 is 0 Å². The van der Waals surface area contributed by atoms with Crippen molar-refractivity contribution < 1.29 is 26.0 Å². The molecule has 0 spiro atoms. The largest absolute Gasteiger partial charge is 0.501 e. The minimum atomic E-state index is -5.56. The van der Waals surface area contributed by atoms with Crippen LogP contribution in [-0.4, -0.2) is 27.0 Å². The van der Waals surface area contributed by atoms with Crippen molar-refractivity contribution in [3.05, 3.63) is 29.6 Å². The van der Waals surface area contributed by atoms with E-state index in [2.05, 4.69) is 5.32 Å². The van der Waals surface area contributed by atoms with Crippen LogP contribution in [0.1, 0.15) is 18.9 Å². The van der Waals surface area contributed by atoms with Crippen molar-refractivity contribution in [3.8, 4) is 0 Å². The van der Waals surface area contributed by atoms with Gasteiger partial charge in [-0.2, -0.15) is 13.2 Å². The summed E-state index contributed by atoms with van der Waals surface area (Å²) in [5.41, 5.74) is -5.50. The van der Waals surface area contributed by atoms with E-state index in [0.29, 0.717) is 12.5 Å². The molecule has 0 saturated heterocycles. The summed E-state index contributed by atoms with van der Waals surface area (Å²) in [5, 5.41) is 2.86. The lowest BCUT2D eigenvalue weighted by Crippen LogP contribution is -2.29. The number of nitrogens with one attached hydrogen (secondary N) is 1. The lowest BCUT2D eigenvalue weighted by Gasteiger charge is -2.17. The molecule has 114 valence electrons. The van der Waals surface area contributed by atoms with Gasteiger partial charge in [-0.05, 0) is 37.6 Å². The standard InChI is InChI=1S/C12H15F4NO2S/c1-3-10(17-2)6-8-4-5-9(13)7-11(8)20(18,19)12(14,15)16/h4-5,7,10,17H,3,6H2,1-2H3. The normalized spacial score (nSPS) is 14.3. The van der Waals surface area contributed by atoms with E-state index in [0.717, 1.165) is 12.1 Å². The highest BCUT2D eigenvalue weighted by Crippen LogP contribution is 2.33. The second-order valence-electron chi connectivity index (χ2n) is 4.30. The molecule has 1 aromatic rings. The van der Waals surface area contributed by atoms with E-state index in [4.69, 9.17) is 0 Å². The van der Waals surface area contributed by atoms with Gasteiger partial charge in [-0.3, -0.25) is 0 Å². The van der Waals surface area contributed by atoms with Gasteiger partial charge in [0.05, 0.1) is 4.90 Å². The molecule has 0 heterocycles. The Labute approximate surface area is 114 Å². The second-order valence-corrected chi connectivity index (χ2v) is 6.21. The van der Waals surface area contributed by atoms with E-state index < -0.39 is 26.1 Å². The fraction of sp³-hybridized carbons (Fsp3) is 0.500. The molecule has 1 unspecified atom stereocenters. The van der Waals surface area contributed by atoms with Gasteiger partial charge in [0.25, 0.3) is 9.84 Å². The van der Waals surface area contributed by atoms with Crippen molar-refractivity contribution in [1.82, 2.24) is 5.32 Å². The number of halogens is 4. The first-order valence-electron chi connectivity index (χ1n) is 5.90. The third kappa shape index (κ3) is 3.49. The predicted molar refractivity (Wildman–Crippen MR) is 66.5 cm³/mol. The molecule has 0 aliphatic carbocycles. The summed E-state index contributed by atoms with van der Waals surface area (Å²) in [6, 6.07) is 2.25. The minimum absolute atomic E-state index is 0.0510. The minimum Gasteiger partial charge on any atom is -0.317 e. The molecule has 0 aromatic heterocycles. The van der Waals surface area contributed by atoms with Gasteiger partial charge >= 0.3 is 5.51 Å². The van der Waals surface area contributed by atoms with Crippen molar-refractivity contribution in [2.45, 2.75) is 36.2 Å². The van der Waals surface area contributed by atoms with Gasteiger partial charge in [0, 0.05) is 6.04 Å². The monoisotopic (exact) mass is 313 g/mol. The SMILES string of the molecule is CCC(Cc1ccc(F)cc1S(=O)(=O)C(F)(F)F)NC. The van der Waals surface area contributed by atoms with Crippen LogP contribution in [0, 0.1) is 5.82 Å². The summed E-state index contributed by atoms with van der Waals surface area (Å²) in [4.78, 5) is -1.02. The topological polar surface area (TPSA) is 46.2 Å². The predicted octanol–water partition coefficient (Wildman–Crippen LogP) is 2.66. The zero-order chi connectivity index (χ0) is 15.6. The van der Waals surface area contributed by atoms with Gasteiger partial charge < -0.3 is 5.32 Å². The summed E-state index contributed by atoms with van der Waals surface area (Å²) >= 11 is 0. The Morgan fingerprint density at radius 2 is 1.90 bits per heavy atom. The molecule has 3 nitrogen and oxygen atoms in total. The number of sulfone groups is 1. The summed E-state index contributed by atoms with van der Waals surface area (Å²) in [7, 11) is -3.94. The zero-order valence-corrected chi connectivity index (χ0v) is 11.8. The molecule has 0 saturated carbocycles. The summed E-state index contributed by atoms with van der Waals surface area (Å²) in [6.45, 7) is 1.81. The average Bonchev–Trinajstić information content (AvgIpc) is 2.35. The molecule has 0 fully saturated rings. The Balaban J connectivity index is 3.35. The maximum atomic E-state index is 13.1. The van der Waals surface area contributed by atoms with E-state index in [1.54, 1.807) is 7.05 Å². The Morgan fingerprint density at radius 3 is 2.35 bits per heavy atom. The van der Waals surface area contributed by atoms with Gasteiger partial charge in [0.15, 0.2) is 0 Å². The molecule has 1 N–H and O–H groups in total. The van der Waals surface area contributed by atoms with E-state index in [9.17, 15) is 26.0 Å². The fourth-order valence-electron chi connectivity index (χ4n) is 1.79.